The van der Waals surface area contributed by atoms with Crippen LogP contribution in [0.15, 0.2) is 47.3 Å². The summed E-state index contributed by atoms with van der Waals surface area (Å²) in [5.74, 6) is -1.18. The van der Waals surface area contributed by atoms with Crippen molar-refractivity contribution in [1.29, 1.82) is 0 Å². The van der Waals surface area contributed by atoms with Crippen LogP contribution >= 0.6 is 0 Å². The molecule has 1 fully saturated rings. The number of primary amides is 1. The van der Waals surface area contributed by atoms with Gasteiger partial charge in [-0.25, -0.2) is 9.59 Å². The zero-order valence-corrected chi connectivity index (χ0v) is 33.0. The van der Waals surface area contributed by atoms with Gasteiger partial charge in [-0.1, -0.05) is 30.3 Å². The highest BCUT2D eigenvalue weighted by atomic mass is 16.6. The summed E-state index contributed by atoms with van der Waals surface area (Å²) in [5, 5.41) is 5.16. The number of aromatic nitrogens is 2. The maximum absolute atomic E-state index is 13.0. The number of benzene rings is 2. The fourth-order valence-corrected chi connectivity index (χ4v) is 6.48. The number of hydrogen-bond donors (Lipinski definition) is 3. The highest BCUT2D eigenvalue weighted by Gasteiger charge is 2.31. The zero-order chi connectivity index (χ0) is 40.0. The monoisotopic (exact) mass is 765 g/mol. The summed E-state index contributed by atoms with van der Waals surface area (Å²) in [6, 6.07) is 12.9. The van der Waals surface area contributed by atoms with Crippen LogP contribution in [0.4, 0.5) is 4.79 Å². The predicted molar refractivity (Wildman–Crippen MR) is 208 cm³/mol. The van der Waals surface area contributed by atoms with Crippen LogP contribution in [0.5, 0.6) is 0 Å². The van der Waals surface area contributed by atoms with Gasteiger partial charge >= 0.3 is 11.8 Å². The van der Waals surface area contributed by atoms with E-state index in [1.165, 1.54) is 10.1 Å². The van der Waals surface area contributed by atoms with Crippen molar-refractivity contribution < 1.29 is 38.1 Å². The minimum absolute atomic E-state index is 0.129. The summed E-state index contributed by atoms with van der Waals surface area (Å²) < 4.78 is 26.2. The number of imide groups is 1. The maximum atomic E-state index is 13.0. The first kappa shape index (κ1) is 43.2. The molecule has 4 amide bonds. The number of amides is 4. The first-order valence-corrected chi connectivity index (χ1v) is 19.4. The van der Waals surface area contributed by atoms with Gasteiger partial charge in [0.05, 0.1) is 36.4 Å². The number of unbranched alkanes of at least 4 members (excludes halogenated alkanes) is 2. The molecule has 4 N–H and O–H groups in total. The normalized spacial score (nSPS) is 15.8. The van der Waals surface area contributed by atoms with E-state index in [1.54, 1.807) is 32.4 Å². The topological polar surface area (TPSA) is 182 Å². The summed E-state index contributed by atoms with van der Waals surface area (Å²) in [6.45, 7) is 10.3. The second-order valence-corrected chi connectivity index (χ2v) is 15.2. The third-order valence-electron chi connectivity index (χ3n) is 9.55. The number of nitrogens with zero attached hydrogens (tertiary/aromatic N) is 2. The first-order valence-electron chi connectivity index (χ1n) is 19.4. The molecule has 4 rings (SSSR count). The lowest BCUT2D eigenvalue weighted by molar-refractivity contribution is -0.135. The Kier molecular flexibility index (Phi) is 16.5. The van der Waals surface area contributed by atoms with Crippen molar-refractivity contribution in [1.82, 2.24) is 19.8 Å². The quantitative estimate of drug-likeness (QED) is 0.0960. The molecule has 0 aliphatic carbocycles. The van der Waals surface area contributed by atoms with Crippen molar-refractivity contribution in [2.75, 3.05) is 26.4 Å². The summed E-state index contributed by atoms with van der Waals surface area (Å²) in [4.78, 5) is 60.7. The molecular formula is C41H59N5O9. The van der Waals surface area contributed by atoms with E-state index in [2.05, 4.69) is 22.8 Å². The Morgan fingerprint density at radius 3 is 2.22 bits per heavy atom. The molecule has 2 aromatic carbocycles. The van der Waals surface area contributed by atoms with E-state index >= 15 is 0 Å². The van der Waals surface area contributed by atoms with E-state index in [4.69, 9.17) is 24.7 Å². The molecule has 1 unspecified atom stereocenters. The summed E-state index contributed by atoms with van der Waals surface area (Å²) >= 11 is 0. The maximum Gasteiger partial charge on any atom is 0.407 e. The molecule has 0 radical (unpaired) electrons. The number of carbonyl (C=O) groups is 4. The third kappa shape index (κ3) is 13.9. The van der Waals surface area contributed by atoms with Crippen LogP contribution in [0.2, 0.25) is 0 Å². The standard InChI is InChI=1S/C41H59N5O9/c1-28(32(16-19-36(42)47)43-39(50)55-41(2,3)4)54-27-31-13-11-29(12-14-31)10-9-24-52-22-7-6-8-23-53-25-21-30-15-17-33-35(26-30)45(5)40(51)46(33)34-18-20-37(48)44-38(34)49/h11-15,17,26,28,32,34H,6-10,16,18-25,27H2,1-5H3,(H2,42,47)(H,43,50)(H,44,48,49)/t28-,32+,34?/m1/s1. The molecular weight excluding hydrogens is 706 g/mol. The molecule has 55 heavy (non-hydrogen) atoms. The predicted octanol–water partition coefficient (Wildman–Crippen LogP) is 4.76. The largest absolute Gasteiger partial charge is 0.444 e. The van der Waals surface area contributed by atoms with Crippen molar-refractivity contribution >= 4 is 34.8 Å². The zero-order valence-electron chi connectivity index (χ0n) is 33.0. The van der Waals surface area contributed by atoms with E-state index in [1.807, 2.05) is 37.3 Å². The van der Waals surface area contributed by atoms with Gasteiger partial charge in [0, 0.05) is 39.7 Å². The average Bonchev–Trinajstić information content (AvgIpc) is 3.37. The lowest BCUT2D eigenvalue weighted by Crippen LogP contribution is -2.45. The van der Waals surface area contributed by atoms with E-state index in [9.17, 15) is 24.0 Å². The number of fused-ring (bicyclic) bond motifs is 1. The molecule has 2 heterocycles. The molecule has 14 heteroatoms. The smallest absolute Gasteiger partial charge is 0.407 e. The Balaban J connectivity index is 1.05. The van der Waals surface area contributed by atoms with Crippen LogP contribution in [0, 0.1) is 0 Å². The number of carbonyl (C=O) groups excluding carboxylic acids is 4. The first-order chi connectivity index (χ1) is 26.2. The number of imidazole rings is 1. The number of nitrogens with one attached hydrogen (secondary N) is 2. The number of alkyl carbamates (subject to hydrolysis) is 1. The van der Waals surface area contributed by atoms with Crippen molar-refractivity contribution in [2.45, 2.75) is 122 Å². The van der Waals surface area contributed by atoms with Crippen LogP contribution in [-0.2, 0) is 59.8 Å². The lowest BCUT2D eigenvalue weighted by Gasteiger charge is -2.27. The Morgan fingerprint density at radius 1 is 0.891 bits per heavy atom. The summed E-state index contributed by atoms with van der Waals surface area (Å²) in [5.41, 5.74) is 9.13. The number of hydrogen-bond acceptors (Lipinski definition) is 9. The molecule has 1 aliphatic rings. The molecule has 302 valence electrons. The van der Waals surface area contributed by atoms with Gasteiger partial charge in [-0.3, -0.25) is 28.8 Å². The minimum atomic E-state index is -0.692. The Bertz CT molecular complexity index is 1790. The van der Waals surface area contributed by atoms with Gasteiger partial charge in [-0.05, 0) is 108 Å². The van der Waals surface area contributed by atoms with Gasteiger partial charge in [0.25, 0.3) is 0 Å². The second kappa shape index (κ2) is 21.0. The van der Waals surface area contributed by atoms with Gasteiger partial charge in [-0.15, -0.1) is 0 Å². The van der Waals surface area contributed by atoms with Crippen LogP contribution < -0.4 is 22.1 Å². The van der Waals surface area contributed by atoms with E-state index < -0.39 is 35.6 Å². The molecule has 0 saturated carbocycles. The van der Waals surface area contributed by atoms with E-state index in [0.29, 0.717) is 51.2 Å². The van der Waals surface area contributed by atoms with Crippen LogP contribution in [0.25, 0.3) is 11.0 Å². The van der Waals surface area contributed by atoms with Gasteiger partial charge in [-0.2, -0.15) is 0 Å². The molecule has 14 nitrogen and oxygen atoms in total. The number of piperidine rings is 1. The fraction of sp³-hybridized carbons (Fsp3) is 0.585. The van der Waals surface area contributed by atoms with Gasteiger partial charge in [0.15, 0.2) is 0 Å². The van der Waals surface area contributed by atoms with Crippen LogP contribution in [0.1, 0.15) is 102 Å². The van der Waals surface area contributed by atoms with E-state index in [-0.39, 0.29) is 30.5 Å². The second-order valence-electron chi connectivity index (χ2n) is 15.2. The summed E-state index contributed by atoms with van der Waals surface area (Å²) in [7, 11) is 1.70. The molecule has 3 aromatic rings. The number of nitrogens with two attached hydrogens (primary N) is 1. The van der Waals surface area contributed by atoms with Crippen molar-refractivity contribution in [2.24, 2.45) is 12.8 Å². The van der Waals surface area contributed by atoms with E-state index in [0.717, 1.165) is 55.4 Å². The lowest BCUT2D eigenvalue weighted by atomic mass is 10.1. The third-order valence-corrected chi connectivity index (χ3v) is 9.55. The van der Waals surface area contributed by atoms with Crippen molar-refractivity contribution in [3.05, 3.63) is 69.6 Å². The molecule has 0 spiro atoms. The Hall–Kier alpha value is -4.53. The van der Waals surface area contributed by atoms with Crippen molar-refractivity contribution in [3.63, 3.8) is 0 Å². The van der Waals surface area contributed by atoms with Gasteiger partial charge in [0.2, 0.25) is 17.7 Å². The number of ether oxygens (including phenoxy) is 4. The summed E-state index contributed by atoms with van der Waals surface area (Å²) in [6.07, 6.45) is 5.58. The molecule has 1 aliphatic heterocycles. The molecule has 0 bridgehead atoms. The molecule has 1 aromatic heterocycles. The van der Waals surface area contributed by atoms with Crippen LogP contribution in [-0.4, -0.2) is 77.1 Å². The van der Waals surface area contributed by atoms with Gasteiger partial charge in [0.1, 0.15) is 11.6 Å². The molecule has 3 atom stereocenters. The number of aryl methyl sites for hydroxylation is 2. The fourth-order valence-electron chi connectivity index (χ4n) is 6.48. The highest BCUT2D eigenvalue weighted by Crippen LogP contribution is 2.24. The molecule has 1 saturated heterocycles. The highest BCUT2D eigenvalue weighted by molar-refractivity contribution is 6.00. The Labute approximate surface area is 323 Å². The SMILES string of the molecule is C[C@@H](OCc1ccc(CCCOCCCCCOCCc2ccc3c(c2)n(C)c(=O)n3C2CCC(=O)NC2=O)cc1)[C@H](CCC(N)=O)NC(=O)OC(C)(C)C. The van der Waals surface area contributed by atoms with Crippen molar-refractivity contribution in [3.8, 4) is 0 Å². The minimum Gasteiger partial charge on any atom is -0.444 e. The average molecular weight is 766 g/mol. The number of rotatable bonds is 22. The van der Waals surface area contributed by atoms with Crippen LogP contribution in [0.3, 0.4) is 0 Å². The van der Waals surface area contributed by atoms with Gasteiger partial charge < -0.3 is 30.0 Å². The Morgan fingerprint density at radius 2 is 1.55 bits per heavy atom.